The fourth-order valence-electron chi connectivity index (χ4n) is 4.05. The zero-order valence-corrected chi connectivity index (χ0v) is 18.6. The zero-order chi connectivity index (χ0) is 23.2. The van der Waals surface area contributed by atoms with Gasteiger partial charge in [-0.3, -0.25) is 9.78 Å². The average molecular weight is 449 g/mol. The molecule has 2 aromatic carbocycles. The number of anilines is 1. The van der Waals surface area contributed by atoms with Crippen LogP contribution in [0, 0.1) is 0 Å². The molecule has 3 N–H and O–H groups in total. The Morgan fingerprint density at radius 3 is 2.67 bits per heavy atom. The molecule has 8 heteroatoms. The molecule has 1 fully saturated rings. The highest BCUT2D eigenvalue weighted by atomic mass is 16.5. The summed E-state index contributed by atoms with van der Waals surface area (Å²) in [6.45, 7) is 3.97. The van der Waals surface area contributed by atoms with Crippen LogP contribution in [0.2, 0.25) is 0 Å². The third-order valence-corrected chi connectivity index (χ3v) is 5.59. The van der Waals surface area contributed by atoms with Gasteiger partial charge in [0.05, 0.1) is 25.0 Å². The Kier molecular flexibility index (Phi) is 6.92. The number of phenolic OH excluding ortho intramolecular Hbond substituents is 1. The van der Waals surface area contributed by atoms with Crippen LogP contribution in [-0.4, -0.2) is 46.8 Å². The van der Waals surface area contributed by atoms with Gasteiger partial charge in [-0.2, -0.15) is 0 Å². The van der Waals surface area contributed by atoms with Crippen LogP contribution in [-0.2, 0) is 4.79 Å². The molecule has 8 nitrogen and oxygen atoms in total. The SMILES string of the molecule is CCOc1ccccc1OC1CCCN(c2cncc(C(C(N)=O)c3ccc(O)cc3)n2)C1. The summed E-state index contributed by atoms with van der Waals surface area (Å²) in [7, 11) is 0. The van der Waals surface area contributed by atoms with Gasteiger partial charge in [-0.15, -0.1) is 0 Å². The van der Waals surface area contributed by atoms with E-state index in [0.29, 0.717) is 30.2 Å². The Morgan fingerprint density at radius 2 is 1.94 bits per heavy atom. The second-order valence-corrected chi connectivity index (χ2v) is 7.94. The van der Waals surface area contributed by atoms with Crippen LogP contribution in [0.15, 0.2) is 60.9 Å². The average Bonchev–Trinajstić information content (AvgIpc) is 2.82. The van der Waals surface area contributed by atoms with Crippen molar-refractivity contribution in [2.75, 3.05) is 24.6 Å². The number of hydrogen-bond donors (Lipinski definition) is 2. The van der Waals surface area contributed by atoms with Crippen molar-refractivity contribution in [3.63, 3.8) is 0 Å². The number of phenols is 1. The number of benzene rings is 2. The number of hydrogen-bond acceptors (Lipinski definition) is 7. The van der Waals surface area contributed by atoms with E-state index in [0.717, 1.165) is 30.9 Å². The maximum absolute atomic E-state index is 12.3. The van der Waals surface area contributed by atoms with Crippen molar-refractivity contribution >= 4 is 11.7 Å². The molecule has 0 spiro atoms. The highest BCUT2D eigenvalue weighted by Crippen LogP contribution is 2.30. The minimum absolute atomic E-state index is 0.0325. The van der Waals surface area contributed by atoms with E-state index in [1.165, 1.54) is 12.1 Å². The number of carbonyl (C=O) groups excluding carboxylic acids is 1. The lowest BCUT2D eigenvalue weighted by Crippen LogP contribution is -2.41. The van der Waals surface area contributed by atoms with Gasteiger partial charge >= 0.3 is 0 Å². The molecule has 2 atom stereocenters. The van der Waals surface area contributed by atoms with Crippen LogP contribution < -0.4 is 20.1 Å². The lowest BCUT2D eigenvalue weighted by molar-refractivity contribution is -0.118. The van der Waals surface area contributed by atoms with Gasteiger partial charge < -0.3 is 25.2 Å². The molecule has 172 valence electrons. The van der Waals surface area contributed by atoms with Crippen molar-refractivity contribution in [1.82, 2.24) is 9.97 Å². The summed E-state index contributed by atoms with van der Waals surface area (Å²) in [6, 6.07) is 14.1. The summed E-state index contributed by atoms with van der Waals surface area (Å²) >= 11 is 0. The number of amides is 1. The molecule has 1 aliphatic rings. The van der Waals surface area contributed by atoms with E-state index >= 15 is 0 Å². The van der Waals surface area contributed by atoms with Gasteiger partial charge in [-0.1, -0.05) is 24.3 Å². The Bertz CT molecular complexity index is 1090. The first-order valence-electron chi connectivity index (χ1n) is 11.1. The van der Waals surface area contributed by atoms with Gasteiger partial charge in [0, 0.05) is 12.7 Å². The van der Waals surface area contributed by atoms with Crippen molar-refractivity contribution < 1.29 is 19.4 Å². The van der Waals surface area contributed by atoms with Crippen LogP contribution >= 0.6 is 0 Å². The second kappa shape index (κ2) is 10.2. The minimum Gasteiger partial charge on any atom is -0.508 e. The second-order valence-electron chi connectivity index (χ2n) is 7.94. The molecule has 2 unspecified atom stereocenters. The van der Waals surface area contributed by atoms with Crippen molar-refractivity contribution in [2.24, 2.45) is 5.73 Å². The number of rotatable bonds is 8. The number of aromatic hydroxyl groups is 1. The van der Waals surface area contributed by atoms with Crippen molar-refractivity contribution in [2.45, 2.75) is 31.8 Å². The van der Waals surface area contributed by atoms with Gasteiger partial charge in [0.15, 0.2) is 11.5 Å². The Balaban J connectivity index is 1.53. The number of carbonyl (C=O) groups is 1. The quantitative estimate of drug-likeness (QED) is 0.544. The monoisotopic (exact) mass is 448 g/mol. The van der Waals surface area contributed by atoms with Gasteiger partial charge in [0.25, 0.3) is 0 Å². The van der Waals surface area contributed by atoms with E-state index in [-0.39, 0.29) is 11.9 Å². The molecule has 4 rings (SSSR count). The number of aromatic nitrogens is 2. The number of nitrogens with two attached hydrogens (primary N) is 1. The Morgan fingerprint density at radius 1 is 1.18 bits per heavy atom. The maximum atomic E-state index is 12.3. The van der Waals surface area contributed by atoms with Crippen molar-refractivity contribution in [1.29, 1.82) is 0 Å². The number of primary amides is 1. The van der Waals surface area contributed by atoms with Gasteiger partial charge in [0.2, 0.25) is 5.91 Å². The Hall–Kier alpha value is -3.81. The first-order chi connectivity index (χ1) is 16.0. The van der Waals surface area contributed by atoms with E-state index in [2.05, 4.69) is 9.88 Å². The van der Waals surface area contributed by atoms with Crippen LogP contribution in [0.25, 0.3) is 0 Å². The van der Waals surface area contributed by atoms with Gasteiger partial charge in [-0.25, -0.2) is 4.98 Å². The van der Waals surface area contributed by atoms with Gasteiger partial charge in [0.1, 0.15) is 23.6 Å². The maximum Gasteiger partial charge on any atom is 0.231 e. The summed E-state index contributed by atoms with van der Waals surface area (Å²) < 4.78 is 12.0. The lowest BCUT2D eigenvalue weighted by atomic mass is 9.95. The number of para-hydroxylation sites is 2. The van der Waals surface area contributed by atoms with E-state index in [9.17, 15) is 9.90 Å². The molecule has 3 aromatic rings. The largest absolute Gasteiger partial charge is 0.508 e. The molecule has 33 heavy (non-hydrogen) atoms. The van der Waals surface area contributed by atoms with E-state index < -0.39 is 11.8 Å². The van der Waals surface area contributed by atoms with Crippen LogP contribution in [0.3, 0.4) is 0 Å². The molecule has 0 saturated carbocycles. The molecule has 1 aliphatic heterocycles. The third kappa shape index (κ3) is 5.34. The first-order valence-corrected chi connectivity index (χ1v) is 11.1. The summed E-state index contributed by atoms with van der Waals surface area (Å²) in [5.41, 5.74) is 6.82. The summed E-state index contributed by atoms with van der Waals surface area (Å²) in [5, 5.41) is 9.57. The molecule has 0 aliphatic carbocycles. The predicted molar refractivity (Wildman–Crippen MR) is 125 cm³/mol. The van der Waals surface area contributed by atoms with E-state index in [1.54, 1.807) is 24.5 Å². The zero-order valence-electron chi connectivity index (χ0n) is 18.6. The first kappa shape index (κ1) is 22.4. The third-order valence-electron chi connectivity index (χ3n) is 5.59. The normalized spacial score (nSPS) is 16.8. The minimum atomic E-state index is -0.757. The molecular weight excluding hydrogens is 420 g/mol. The summed E-state index contributed by atoms with van der Waals surface area (Å²) in [4.78, 5) is 23.4. The van der Waals surface area contributed by atoms with Crippen molar-refractivity contribution in [3.05, 3.63) is 72.2 Å². The van der Waals surface area contributed by atoms with Gasteiger partial charge in [-0.05, 0) is 49.6 Å². The highest BCUT2D eigenvalue weighted by molar-refractivity contribution is 5.85. The molecule has 1 saturated heterocycles. The predicted octanol–water partition coefficient (Wildman–Crippen LogP) is 3.25. The van der Waals surface area contributed by atoms with Crippen LogP contribution in [0.4, 0.5) is 5.82 Å². The molecule has 2 heterocycles. The molecule has 0 radical (unpaired) electrons. The topological polar surface area (TPSA) is 111 Å². The van der Waals surface area contributed by atoms with Crippen molar-refractivity contribution in [3.8, 4) is 17.2 Å². The van der Waals surface area contributed by atoms with Crippen LogP contribution in [0.5, 0.6) is 17.2 Å². The number of ether oxygens (including phenoxy) is 2. The fourth-order valence-corrected chi connectivity index (χ4v) is 4.05. The molecular formula is C25H28N4O4. The number of nitrogens with zero attached hydrogens (tertiary/aromatic N) is 3. The summed E-state index contributed by atoms with van der Waals surface area (Å²) in [6.07, 6.45) is 5.07. The van der Waals surface area contributed by atoms with E-state index in [1.807, 2.05) is 31.2 Å². The Labute approximate surface area is 193 Å². The fraction of sp³-hybridized carbons (Fsp3) is 0.320. The standard InChI is InChI=1S/C25H28N4O4/c1-2-32-21-7-3-4-8-22(21)33-19-6-5-13-29(16-19)23-15-27-14-20(28-23)24(25(26)31)17-9-11-18(30)12-10-17/h3-4,7-12,14-15,19,24,30H,2,5-6,13,16H2,1H3,(H2,26,31). The van der Waals surface area contributed by atoms with E-state index in [4.69, 9.17) is 20.2 Å². The molecule has 1 amide bonds. The lowest BCUT2D eigenvalue weighted by Gasteiger charge is -2.34. The molecule has 0 bridgehead atoms. The molecule has 1 aromatic heterocycles. The smallest absolute Gasteiger partial charge is 0.231 e. The van der Waals surface area contributed by atoms with Crippen LogP contribution in [0.1, 0.15) is 36.9 Å². The highest BCUT2D eigenvalue weighted by Gasteiger charge is 2.26. The number of piperidine rings is 1. The summed E-state index contributed by atoms with van der Waals surface area (Å²) in [5.74, 6) is 0.966.